The van der Waals surface area contributed by atoms with E-state index in [1.807, 2.05) is 40.8 Å². The predicted octanol–water partition coefficient (Wildman–Crippen LogP) is 4.68. The molecule has 32 heavy (non-hydrogen) atoms. The minimum Gasteiger partial charge on any atom is -0.361 e. The van der Waals surface area contributed by atoms with Gasteiger partial charge < -0.3 is 9.42 Å². The summed E-state index contributed by atoms with van der Waals surface area (Å²) >= 11 is 0. The number of amides is 1. The molecule has 0 N–H and O–H groups in total. The summed E-state index contributed by atoms with van der Waals surface area (Å²) in [6, 6.07) is 10.1. The van der Waals surface area contributed by atoms with Crippen molar-refractivity contribution in [2.45, 2.75) is 65.3 Å². The fourth-order valence-electron chi connectivity index (χ4n) is 5.21. The van der Waals surface area contributed by atoms with Crippen LogP contribution in [0.15, 0.2) is 34.9 Å². The number of fused-ring (bicyclic) bond motifs is 1. The third-order valence-corrected chi connectivity index (χ3v) is 7.12. The Kier molecular flexibility index (Phi) is 5.62. The highest BCUT2D eigenvalue weighted by Gasteiger charge is 2.31. The monoisotopic (exact) mass is 432 g/mol. The molecule has 2 aliphatic rings. The lowest BCUT2D eigenvalue weighted by Crippen LogP contribution is -2.38. The van der Waals surface area contributed by atoms with E-state index in [4.69, 9.17) is 4.52 Å². The predicted molar refractivity (Wildman–Crippen MR) is 123 cm³/mol. The maximum Gasteiger partial charge on any atom is 0.253 e. The summed E-state index contributed by atoms with van der Waals surface area (Å²) in [5, 5.41) is 8.88. The van der Waals surface area contributed by atoms with Crippen molar-refractivity contribution in [2.75, 3.05) is 13.1 Å². The molecule has 2 aromatic heterocycles. The Balaban J connectivity index is 1.20. The third-order valence-electron chi connectivity index (χ3n) is 7.12. The second-order valence-electron chi connectivity index (χ2n) is 9.67. The fourth-order valence-corrected chi connectivity index (χ4v) is 5.21. The molecular weight excluding hydrogens is 400 g/mol. The molecule has 1 atom stereocenters. The molecule has 168 valence electrons. The highest BCUT2D eigenvalue weighted by molar-refractivity contribution is 5.94. The number of nitrogens with zero attached hydrogens (tertiary/aromatic N) is 4. The molecule has 3 heterocycles. The lowest BCUT2D eigenvalue weighted by atomic mass is 9.83. The van der Waals surface area contributed by atoms with E-state index >= 15 is 0 Å². The van der Waals surface area contributed by atoms with Crippen LogP contribution in [-0.2, 0) is 19.4 Å². The van der Waals surface area contributed by atoms with Crippen LogP contribution in [0.5, 0.6) is 0 Å². The second kappa shape index (κ2) is 8.57. The lowest BCUT2D eigenvalue weighted by molar-refractivity contribution is 0.0705. The average Bonchev–Trinajstić information content (AvgIpc) is 3.35. The summed E-state index contributed by atoms with van der Waals surface area (Å²) in [6.45, 7) is 8.63. The van der Waals surface area contributed by atoms with Crippen molar-refractivity contribution < 1.29 is 9.32 Å². The zero-order chi connectivity index (χ0) is 22.2. The lowest BCUT2D eigenvalue weighted by Gasteiger charge is -2.31. The maximum absolute atomic E-state index is 13.1. The normalized spacial score (nSPS) is 19.2. The number of rotatable bonds is 4. The van der Waals surface area contributed by atoms with E-state index in [9.17, 15) is 4.79 Å². The van der Waals surface area contributed by atoms with Gasteiger partial charge in [0.2, 0.25) is 0 Å². The summed E-state index contributed by atoms with van der Waals surface area (Å²) < 4.78 is 7.80. The Hall–Kier alpha value is -2.89. The van der Waals surface area contributed by atoms with Crippen LogP contribution in [0.4, 0.5) is 0 Å². The second-order valence-corrected chi connectivity index (χ2v) is 9.67. The van der Waals surface area contributed by atoms with Gasteiger partial charge in [-0.25, -0.2) is 0 Å². The highest BCUT2D eigenvalue weighted by atomic mass is 16.5. The first-order valence-corrected chi connectivity index (χ1v) is 11.8. The first-order chi connectivity index (χ1) is 15.5. The van der Waals surface area contributed by atoms with Gasteiger partial charge >= 0.3 is 0 Å². The Morgan fingerprint density at radius 1 is 1.12 bits per heavy atom. The number of aryl methyl sites for hydroxylation is 3. The van der Waals surface area contributed by atoms with Crippen LogP contribution in [0.1, 0.15) is 76.4 Å². The van der Waals surface area contributed by atoms with Crippen LogP contribution < -0.4 is 0 Å². The molecule has 3 aromatic rings. The Morgan fingerprint density at radius 2 is 1.88 bits per heavy atom. The Morgan fingerprint density at radius 3 is 2.56 bits per heavy atom. The number of hydrogen-bond acceptors (Lipinski definition) is 4. The van der Waals surface area contributed by atoms with Gasteiger partial charge in [-0.1, -0.05) is 24.2 Å². The van der Waals surface area contributed by atoms with E-state index in [1.54, 1.807) is 0 Å². The minimum atomic E-state index is 0.120. The molecule has 0 spiro atoms. The van der Waals surface area contributed by atoms with E-state index in [2.05, 4.69) is 30.2 Å². The number of likely N-dealkylation sites (tertiary alicyclic amines) is 1. The van der Waals surface area contributed by atoms with Gasteiger partial charge in [0.1, 0.15) is 5.76 Å². The van der Waals surface area contributed by atoms with E-state index in [0.717, 1.165) is 79.3 Å². The molecule has 5 rings (SSSR count). The van der Waals surface area contributed by atoms with Crippen LogP contribution in [-0.4, -0.2) is 38.8 Å². The van der Waals surface area contributed by atoms with Crippen LogP contribution in [0.3, 0.4) is 0 Å². The summed E-state index contributed by atoms with van der Waals surface area (Å²) in [7, 11) is 0. The number of benzene rings is 1. The van der Waals surface area contributed by atoms with Gasteiger partial charge in [0, 0.05) is 35.8 Å². The van der Waals surface area contributed by atoms with E-state index in [1.165, 1.54) is 12.0 Å². The molecule has 1 fully saturated rings. The van der Waals surface area contributed by atoms with Crippen molar-refractivity contribution in [1.82, 2.24) is 19.8 Å². The molecule has 1 aromatic carbocycles. The molecule has 6 heteroatoms. The first-order valence-electron chi connectivity index (χ1n) is 11.8. The largest absolute Gasteiger partial charge is 0.361 e. The number of piperidine rings is 1. The molecule has 1 amide bonds. The van der Waals surface area contributed by atoms with Crippen LogP contribution in [0.2, 0.25) is 0 Å². The summed E-state index contributed by atoms with van der Waals surface area (Å²) in [6.07, 6.45) is 5.20. The Bertz CT molecular complexity index is 1100. The zero-order valence-corrected chi connectivity index (χ0v) is 19.3. The first kappa shape index (κ1) is 21.0. The van der Waals surface area contributed by atoms with Crippen molar-refractivity contribution in [2.24, 2.45) is 5.92 Å². The smallest absolute Gasteiger partial charge is 0.253 e. The number of carbonyl (C=O) groups is 1. The van der Waals surface area contributed by atoms with Crippen LogP contribution >= 0.6 is 0 Å². The van der Waals surface area contributed by atoms with Crippen molar-refractivity contribution in [3.05, 3.63) is 69.9 Å². The van der Waals surface area contributed by atoms with Gasteiger partial charge in [-0.15, -0.1) is 0 Å². The summed E-state index contributed by atoms with van der Waals surface area (Å²) in [5.41, 5.74) is 6.59. The third kappa shape index (κ3) is 4.10. The zero-order valence-electron chi connectivity index (χ0n) is 19.3. The molecule has 0 bridgehead atoms. The Labute approximate surface area is 189 Å². The molecule has 6 nitrogen and oxygen atoms in total. The van der Waals surface area contributed by atoms with Crippen LogP contribution in [0.25, 0.3) is 0 Å². The van der Waals surface area contributed by atoms with Crippen molar-refractivity contribution in [1.29, 1.82) is 0 Å². The fraction of sp³-hybridized carbons (Fsp3) is 0.500. The quantitative estimate of drug-likeness (QED) is 0.600. The van der Waals surface area contributed by atoms with Gasteiger partial charge in [0.05, 0.1) is 17.9 Å². The van der Waals surface area contributed by atoms with E-state index in [-0.39, 0.29) is 5.91 Å². The van der Waals surface area contributed by atoms with E-state index < -0.39 is 0 Å². The standard InChI is InChI=1S/C26H32N4O2/c1-17-4-9-24-23(14-17)25(32-28-24)21-10-12-29(13-11-21)26(31)22-7-5-20(6-8-22)16-30-19(3)15-18(2)27-30/h5-8,15,17,21H,4,9-14,16H2,1-3H3. The molecule has 1 saturated heterocycles. The van der Waals surface area contributed by atoms with Crippen molar-refractivity contribution >= 4 is 5.91 Å². The molecule has 0 radical (unpaired) electrons. The molecule has 0 saturated carbocycles. The van der Waals surface area contributed by atoms with Gasteiger partial charge in [0.25, 0.3) is 5.91 Å². The summed E-state index contributed by atoms with van der Waals surface area (Å²) in [5.74, 6) is 2.29. The van der Waals surface area contributed by atoms with Gasteiger partial charge in [-0.05, 0) is 75.6 Å². The molecule has 1 unspecified atom stereocenters. The highest BCUT2D eigenvalue weighted by Crippen LogP contribution is 2.36. The van der Waals surface area contributed by atoms with Crippen LogP contribution in [0, 0.1) is 19.8 Å². The number of carbonyl (C=O) groups excluding carboxylic acids is 1. The average molecular weight is 433 g/mol. The molecule has 1 aliphatic heterocycles. The topological polar surface area (TPSA) is 64.2 Å². The van der Waals surface area contributed by atoms with Crippen molar-refractivity contribution in [3.63, 3.8) is 0 Å². The number of hydrogen-bond donors (Lipinski definition) is 0. The van der Waals surface area contributed by atoms with Crippen molar-refractivity contribution in [3.8, 4) is 0 Å². The number of aromatic nitrogens is 3. The van der Waals surface area contributed by atoms with E-state index in [0.29, 0.717) is 11.8 Å². The molecular formula is C26H32N4O2. The maximum atomic E-state index is 13.1. The summed E-state index contributed by atoms with van der Waals surface area (Å²) in [4.78, 5) is 15.1. The minimum absolute atomic E-state index is 0.120. The molecule has 1 aliphatic carbocycles. The SMILES string of the molecule is Cc1cc(C)n(Cc2ccc(C(=O)N3CCC(c4onc5c4CC(C)CC5)CC3)cc2)n1. The van der Waals surface area contributed by atoms with Gasteiger partial charge in [-0.2, -0.15) is 5.10 Å². The van der Waals surface area contributed by atoms with Gasteiger partial charge in [0.15, 0.2) is 0 Å². The van der Waals surface area contributed by atoms with Gasteiger partial charge in [-0.3, -0.25) is 9.48 Å².